The Balaban J connectivity index is 4.44. The topological polar surface area (TPSA) is 78.9 Å². The highest BCUT2D eigenvalue weighted by atomic mass is 16.6. The van der Waals surface area contributed by atoms with Crippen molar-refractivity contribution in [2.24, 2.45) is 0 Å². The molecule has 0 aliphatic rings. The number of ether oxygens (including phenoxy) is 3. The third kappa shape index (κ3) is 49.7. The smallest absolute Gasteiger partial charge is 0.306 e. The molecule has 6 heteroatoms. The molecule has 0 N–H and O–H groups in total. The molecule has 0 aromatic heterocycles. The van der Waals surface area contributed by atoms with E-state index in [4.69, 9.17) is 14.2 Å². The van der Waals surface area contributed by atoms with E-state index in [2.05, 4.69) is 93.7 Å². The summed E-state index contributed by atoms with van der Waals surface area (Å²) in [5.41, 5.74) is 0. The van der Waals surface area contributed by atoms with Crippen LogP contribution in [-0.2, 0) is 28.6 Å². The van der Waals surface area contributed by atoms with Gasteiger partial charge in [-0.1, -0.05) is 190 Å². The predicted molar refractivity (Wildman–Crippen MR) is 270 cm³/mol. The summed E-state index contributed by atoms with van der Waals surface area (Å²) in [6, 6.07) is 0. The summed E-state index contributed by atoms with van der Waals surface area (Å²) < 4.78 is 16.8. The second kappa shape index (κ2) is 51.5. The van der Waals surface area contributed by atoms with Crippen molar-refractivity contribution in [3.63, 3.8) is 0 Å². The zero-order chi connectivity index (χ0) is 45.8. The Morgan fingerprint density at radius 1 is 0.317 bits per heavy atom. The largest absolute Gasteiger partial charge is 0.462 e. The number of hydrogen-bond acceptors (Lipinski definition) is 6. The minimum Gasteiger partial charge on any atom is -0.462 e. The molecular weight excluding hydrogens is 781 g/mol. The van der Waals surface area contributed by atoms with E-state index in [1.165, 1.54) is 109 Å². The zero-order valence-corrected chi connectivity index (χ0v) is 41.3. The van der Waals surface area contributed by atoms with E-state index >= 15 is 0 Å². The Bertz CT molecular complexity index is 1190. The lowest BCUT2D eigenvalue weighted by atomic mass is 10.1. The minimum absolute atomic E-state index is 0.0935. The van der Waals surface area contributed by atoms with Gasteiger partial charge in [0.05, 0.1) is 0 Å². The van der Waals surface area contributed by atoms with Crippen LogP contribution in [0.3, 0.4) is 0 Å². The Morgan fingerprint density at radius 3 is 0.952 bits per heavy atom. The molecule has 0 fully saturated rings. The highest BCUT2D eigenvalue weighted by Crippen LogP contribution is 2.13. The average molecular weight is 879 g/mol. The summed E-state index contributed by atoms with van der Waals surface area (Å²) in [4.78, 5) is 38.0. The van der Waals surface area contributed by atoms with Crippen LogP contribution in [0, 0.1) is 0 Å². The number of esters is 3. The van der Waals surface area contributed by atoms with Crippen LogP contribution in [-0.4, -0.2) is 37.2 Å². The summed E-state index contributed by atoms with van der Waals surface area (Å²) in [6.07, 6.45) is 64.5. The van der Waals surface area contributed by atoms with E-state index in [-0.39, 0.29) is 31.1 Å². The van der Waals surface area contributed by atoms with E-state index in [0.717, 1.165) is 103 Å². The molecule has 0 saturated carbocycles. The predicted octanol–water partition coefficient (Wildman–Crippen LogP) is 17.4. The standard InChI is InChI=1S/C57H98O6/c1-4-7-10-13-16-19-22-25-27-28-29-30-31-33-35-38-41-44-47-50-56(59)62-53-54(52-61-55(58)49-46-43-40-37-34-24-21-18-15-12-9-6-3)63-57(60)51-48-45-42-39-36-32-26-23-20-17-14-11-8-5-2/h16,18-19,21,23,25-27,29-30,33,35,54H,4-15,17,20,22,24,28,31-32,34,36-53H2,1-3H3/b19-16-,21-18-,26-23-,27-25-,30-29-,35-33-/t54-/m1/s1. The normalized spacial score (nSPS) is 12.6. The molecule has 0 aliphatic heterocycles. The molecule has 0 aromatic carbocycles. The van der Waals surface area contributed by atoms with Gasteiger partial charge < -0.3 is 14.2 Å². The summed E-state index contributed by atoms with van der Waals surface area (Å²) >= 11 is 0. The Labute approximate surface area is 389 Å². The first kappa shape index (κ1) is 59.9. The number of unbranched alkanes of at least 4 members (excludes halogenated alkanes) is 24. The molecular formula is C57H98O6. The van der Waals surface area contributed by atoms with Crippen LogP contribution in [0.15, 0.2) is 72.9 Å². The van der Waals surface area contributed by atoms with Crippen LogP contribution >= 0.6 is 0 Å². The van der Waals surface area contributed by atoms with E-state index in [1.807, 2.05) is 0 Å². The van der Waals surface area contributed by atoms with Gasteiger partial charge in [0.15, 0.2) is 6.10 Å². The maximum absolute atomic E-state index is 12.8. The Hall–Kier alpha value is -3.15. The van der Waals surface area contributed by atoms with Crippen LogP contribution in [0.4, 0.5) is 0 Å². The fraction of sp³-hybridized carbons (Fsp3) is 0.737. The molecule has 0 aliphatic carbocycles. The van der Waals surface area contributed by atoms with Gasteiger partial charge in [0.1, 0.15) is 13.2 Å². The number of allylic oxidation sites excluding steroid dienone is 12. The zero-order valence-electron chi connectivity index (χ0n) is 41.3. The van der Waals surface area contributed by atoms with Crippen molar-refractivity contribution in [1.82, 2.24) is 0 Å². The SMILES string of the molecule is CCCCC/C=C\C/C=C\C/C=C\C/C=C\CCCCCC(=O)OC[C@@H](COC(=O)CCCCCCC/C=C\CCCCC)OC(=O)CCCCCCC/C=C\CCCCCCC. The number of rotatable bonds is 47. The second-order valence-electron chi connectivity index (χ2n) is 17.4. The van der Waals surface area contributed by atoms with Gasteiger partial charge in [-0.2, -0.15) is 0 Å². The third-order valence-corrected chi connectivity index (χ3v) is 11.2. The van der Waals surface area contributed by atoms with Crippen molar-refractivity contribution < 1.29 is 28.6 Å². The molecule has 0 rings (SSSR count). The van der Waals surface area contributed by atoms with Crippen molar-refractivity contribution >= 4 is 17.9 Å². The summed E-state index contributed by atoms with van der Waals surface area (Å²) in [5, 5.41) is 0. The van der Waals surface area contributed by atoms with Crippen LogP contribution in [0.5, 0.6) is 0 Å². The van der Waals surface area contributed by atoms with Crippen LogP contribution in [0.2, 0.25) is 0 Å². The molecule has 0 unspecified atom stereocenters. The summed E-state index contributed by atoms with van der Waals surface area (Å²) in [7, 11) is 0. The van der Waals surface area contributed by atoms with Crippen LogP contribution < -0.4 is 0 Å². The van der Waals surface area contributed by atoms with Gasteiger partial charge in [-0.15, -0.1) is 0 Å². The second-order valence-corrected chi connectivity index (χ2v) is 17.4. The molecule has 0 radical (unpaired) electrons. The van der Waals surface area contributed by atoms with Crippen LogP contribution in [0.1, 0.15) is 252 Å². The maximum Gasteiger partial charge on any atom is 0.306 e. The first-order chi connectivity index (χ1) is 31.0. The quantitative estimate of drug-likeness (QED) is 0.0262. The van der Waals surface area contributed by atoms with Crippen LogP contribution in [0.25, 0.3) is 0 Å². The molecule has 0 saturated heterocycles. The highest BCUT2D eigenvalue weighted by Gasteiger charge is 2.19. The fourth-order valence-electron chi connectivity index (χ4n) is 7.12. The lowest BCUT2D eigenvalue weighted by molar-refractivity contribution is -0.167. The van der Waals surface area contributed by atoms with Gasteiger partial charge in [-0.05, 0) is 116 Å². The van der Waals surface area contributed by atoms with Gasteiger partial charge in [-0.3, -0.25) is 14.4 Å². The van der Waals surface area contributed by atoms with E-state index in [1.54, 1.807) is 0 Å². The van der Waals surface area contributed by atoms with E-state index < -0.39 is 6.10 Å². The van der Waals surface area contributed by atoms with Crippen molar-refractivity contribution in [3.8, 4) is 0 Å². The lowest BCUT2D eigenvalue weighted by Gasteiger charge is -2.18. The Kier molecular flexibility index (Phi) is 48.9. The summed E-state index contributed by atoms with van der Waals surface area (Å²) in [5.74, 6) is -0.941. The van der Waals surface area contributed by atoms with Gasteiger partial charge in [0.25, 0.3) is 0 Å². The number of hydrogen-bond donors (Lipinski definition) is 0. The van der Waals surface area contributed by atoms with Crippen molar-refractivity contribution in [2.75, 3.05) is 13.2 Å². The third-order valence-electron chi connectivity index (χ3n) is 11.2. The van der Waals surface area contributed by atoms with Crippen molar-refractivity contribution in [2.45, 2.75) is 258 Å². The van der Waals surface area contributed by atoms with Crippen molar-refractivity contribution in [1.29, 1.82) is 0 Å². The number of carbonyl (C=O) groups is 3. The fourth-order valence-corrected chi connectivity index (χ4v) is 7.12. The first-order valence-corrected chi connectivity index (χ1v) is 26.4. The Morgan fingerprint density at radius 2 is 0.571 bits per heavy atom. The lowest BCUT2D eigenvalue weighted by Crippen LogP contribution is -2.30. The molecule has 1 atom stereocenters. The molecule has 362 valence electrons. The molecule has 0 bridgehead atoms. The van der Waals surface area contributed by atoms with E-state index in [9.17, 15) is 14.4 Å². The van der Waals surface area contributed by atoms with Gasteiger partial charge in [0.2, 0.25) is 0 Å². The molecule has 6 nitrogen and oxygen atoms in total. The monoisotopic (exact) mass is 879 g/mol. The molecule has 0 aromatic rings. The number of carbonyl (C=O) groups excluding carboxylic acids is 3. The minimum atomic E-state index is -0.795. The van der Waals surface area contributed by atoms with Gasteiger partial charge in [0, 0.05) is 19.3 Å². The molecule has 0 heterocycles. The first-order valence-electron chi connectivity index (χ1n) is 26.4. The molecule has 0 spiro atoms. The summed E-state index contributed by atoms with van der Waals surface area (Å²) in [6.45, 7) is 6.53. The molecule has 63 heavy (non-hydrogen) atoms. The van der Waals surface area contributed by atoms with Gasteiger partial charge >= 0.3 is 17.9 Å². The maximum atomic E-state index is 12.8. The van der Waals surface area contributed by atoms with Crippen molar-refractivity contribution in [3.05, 3.63) is 72.9 Å². The van der Waals surface area contributed by atoms with Gasteiger partial charge in [-0.25, -0.2) is 0 Å². The highest BCUT2D eigenvalue weighted by molar-refractivity contribution is 5.71. The average Bonchev–Trinajstić information content (AvgIpc) is 3.28. The van der Waals surface area contributed by atoms with E-state index in [0.29, 0.717) is 19.3 Å². The molecule has 0 amide bonds.